The Bertz CT molecular complexity index is 1620. The van der Waals surface area contributed by atoms with E-state index in [4.69, 9.17) is 17.2 Å². The maximum absolute atomic E-state index is 14.6. The first kappa shape index (κ1) is 33.2. The predicted molar refractivity (Wildman–Crippen MR) is 164 cm³/mol. The lowest BCUT2D eigenvalue weighted by Crippen LogP contribution is -2.80. The number of carbonyl (C=O) groups excluding carboxylic acids is 4. The lowest BCUT2D eigenvalue weighted by molar-refractivity contribution is -0.139. The Balaban J connectivity index is 1.99. The highest BCUT2D eigenvalue weighted by Crippen LogP contribution is 2.59. The van der Waals surface area contributed by atoms with E-state index in [0.717, 1.165) is 0 Å². The number of phenolic OH excluding ortho intramolecular Hbond substituents is 1. The summed E-state index contributed by atoms with van der Waals surface area (Å²) in [6.07, 6.45) is -0.658. The van der Waals surface area contributed by atoms with Gasteiger partial charge in [0.25, 0.3) is 5.91 Å². The zero-order valence-electron chi connectivity index (χ0n) is 26.1. The molecule has 3 aliphatic carbocycles. The molecule has 0 bridgehead atoms. The van der Waals surface area contributed by atoms with Crippen molar-refractivity contribution in [2.75, 3.05) is 39.6 Å². The normalized spacial score (nSPS) is 27.5. The monoisotopic (exact) mass is 624 g/mol. The molecule has 1 aromatic rings. The van der Waals surface area contributed by atoms with Gasteiger partial charge < -0.3 is 48.1 Å². The standard InChI is InChI=1S/C30H40N8O7/c1-13(2)9-35-27(45)36-10-14-7-16(37(3)4)15-8-28(33)11-30(34)23(38(5)6)22(41)18(26(32)44)24(42)29(30,12-31)25(43)19(28)21(40)17(15)20(14)39/h7,13,23,39-40,42H,8-11,33-34H2,1-6H3,(H2,32,44)(H2,35,36,45)/t23-,28-,29+,30-/m1/s1. The van der Waals surface area contributed by atoms with Crippen LogP contribution in [0.15, 0.2) is 23.0 Å². The Labute approximate surface area is 260 Å². The molecule has 0 unspecified atom stereocenters. The minimum Gasteiger partial charge on any atom is -0.509 e. The third kappa shape index (κ3) is 4.68. The molecular weight excluding hydrogens is 584 g/mol. The number of rotatable bonds is 7. The number of aliphatic hydroxyl groups excluding tert-OH is 2. The first-order valence-electron chi connectivity index (χ1n) is 14.3. The third-order valence-electron chi connectivity index (χ3n) is 8.90. The molecule has 15 heteroatoms. The van der Waals surface area contributed by atoms with E-state index in [-0.39, 0.29) is 30.0 Å². The first-order valence-corrected chi connectivity index (χ1v) is 14.3. The fourth-order valence-corrected chi connectivity index (χ4v) is 7.00. The summed E-state index contributed by atoms with van der Waals surface area (Å²) < 4.78 is 0. The van der Waals surface area contributed by atoms with Crippen molar-refractivity contribution in [3.05, 3.63) is 39.7 Å². The summed E-state index contributed by atoms with van der Waals surface area (Å²) in [5.74, 6) is -5.81. The summed E-state index contributed by atoms with van der Waals surface area (Å²) in [7, 11) is 6.33. The molecule has 11 N–H and O–H groups in total. The van der Waals surface area contributed by atoms with Crippen LogP contribution in [0.25, 0.3) is 5.76 Å². The second-order valence-electron chi connectivity index (χ2n) is 12.9. The van der Waals surface area contributed by atoms with Crippen LogP contribution >= 0.6 is 0 Å². The zero-order valence-corrected chi connectivity index (χ0v) is 26.1. The zero-order chi connectivity index (χ0) is 34.0. The number of aliphatic hydroxyl groups is 2. The van der Waals surface area contributed by atoms with E-state index < -0.39 is 80.9 Å². The van der Waals surface area contributed by atoms with Crippen LogP contribution in [0.3, 0.4) is 0 Å². The Morgan fingerprint density at radius 2 is 1.76 bits per heavy atom. The molecule has 1 aromatic carbocycles. The lowest BCUT2D eigenvalue weighted by atomic mass is 9.47. The summed E-state index contributed by atoms with van der Waals surface area (Å²) in [4.78, 5) is 55.8. The number of nitrogens with one attached hydrogen (secondary N) is 2. The number of benzene rings is 1. The molecule has 0 aromatic heterocycles. The highest BCUT2D eigenvalue weighted by Gasteiger charge is 2.74. The molecule has 4 rings (SSSR count). The molecule has 1 saturated carbocycles. The van der Waals surface area contributed by atoms with Crippen LogP contribution in [0, 0.1) is 22.7 Å². The highest BCUT2D eigenvalue weighted by molar-refractivity contribution is 6.25. The first-order chi connectivity index (χ1) is 20.8. The van der Waals surface area contributed by atoms with Crippen LogP contribution in [0.5, 0.6) is 5.75 Å². The number of hydrogen-bond acceptors (Lipinski definition) is 12. The quantitative estimate of drug-likeness (QED) is 0.177. The van der Waals surface area contributed by atoms with Crippen molar-refractivity contribution in [2.45, 2.75) is 50.4 Å². The number of Topliss-reactive ketones (excluding diaryl/α,β-unsaturated/α-hetero) is 2. The van der Waals surface area contributed by atoms with Gasteiger partial charge in [-0.25, -0.2) is 4.79 Å². The van der Waals surface area contributed by atoms with E-state index >= 15 is 0 Å². The molecular formula is C30H40N8O7. The van der Waals surface area contributed by atoms with Crippen LogP contribution < -0.4 is 32.7 Å². The van der Waals surface area contributed by atoms with Gasteiger partial charge in [-0.2, -0.15) is 5.26 Å². The number of phenols is 1. The summed E-state index contributed by atoms with van der Waals surface area (Å²) in [6.45, 7) is 4.13. The van der Waals surface area contributed by atoms with Gasteiger partial charge in [0.15, 0.2) is 17.0 Å². The molecule has 15 nitrogen and oxygen atoms in total. The van der Waals surface area contributed by atoms with E-state index in [1.165, 1.54) is 19.0 Å². The van der Waals surface area contributed by atoms with Crippen molar-refractivity contribution in [3.63, 3.8) is 0 Å². The molecule has 3 amide bonds. The molecule has 4 atom stereocenters. The van der Waals surface area contributed by atoms with Crippen molar-refractivity contribution in [1.29, 1.82) is 5.26 Å². The van der Waals surface area contributed by atoms with Gasteiger partial charge in [-0.3, -0.25) is 19.3 Å². The van der Waals surface area contributed by atoms with Gasteiger partial charge in [0.2, 0.25) is 0 Å². The molecule has 1 fully saturated rings. The summed E-state index contributed by atoms with van der Waals surface area (Å²) >= 11 is 0. The maximum atomic E-state index is 14.6. The van der Waals surface area contributed by atoms with Gasteiger partial charge in [0.05, 0.1) is 34.3 Å². The smallest absolute Gasteiger partial charge is 0.315 e. The Morgan fingerprint density at radius 3 is 2.27 bits per heavy atom. The maximum Gasteiger partial charge on any atom is 0.315 e. The van der Waals surface area contributed by atoms with Crippen molar-refractivity contribution in [1.82, 2.24) is 15.5 Å². The summed E-state index contributed by atoms with van der Waals surface area (Å²) in [5, 5.41) is 50.5. The Kier molecular flexibility index (Phi) is 8.17. The molecule has 0 saturated heterocycles. The molecule has 0 radical (unpaired) electrons. The molecule has 3 aliphatic rings. The average molecular weight is 625 g/mol. The largest absolute Gasteiger partial charge is 0.509 e. The molecule has 0 aliphatic heterocycles. The van der Waals surface area contributed by atoms with Crippen molar-refractivity contribution in [2.24, 2.45) is 28.5 Å². The number of ketones is 2. The van der Waals surface area contributed by atoms with E-state index in [2.05, 4.69) is 10.6 Å². The predicted octanol–water partition coefficient (Wildman–Crippen LogP) is -0.573. The average Bonchev–Trinajstić information content (AvgIpc) is 2.90. The van der Waals surface area contributed by atoms with Crippen LogP contribution in [0.2, 0.25) is 0 Å². The lowest BCUT2D eigenvalue weighted by Gasteiger charge is -2.58. The van der Waals surface area contributed by atoms with Crippen LogP contribution in [-0.4, -0.2) is 95.6 Å². The van der Waals surface area contributed by atoms with Gasteiger partial charge in [0.1, 0.15) is 22.8 Å². The van der Waals surface area contributed by atoms with Gasteiger partial charge in [-0.1, -0.05) is 13.8 Å². The van der Waals surface area contributed by atoms with Gasteiger partial charge >= 0.3 is 6.03 Å². The minimum absolute atomic E-state index is 0.152. The van der Waals surface area contributed by atoms with Gasteiger partial charge in [0, 0.05) is 38.4 Å². The Morgan fingerprint density at radius 1 is 1.13 bits per heavy atom. The Hall–Kier alpha value is -4.65. The topological polar surface area (TPSA) is 261 Å². The second-order valence-corrected chi connectivity index (χ2v) is 12.9. The molecule has 242 valence electrons. The van der Waals surface area contributed by atoms with Crippen LogP contribution in [0.1, 0.15) is 37.0 Å². The number of nitrogens with zero attached hydrogens (tertiary/aromatic N) is 3. The van der Waals surface area contributed by atoms with E-state index in [9.17, 15) is 39.8 Å². The van der Waals surface area contributed by atoms with Crippen molar-refractivity contribution >= 4 is 35.0 Å². The number of urea groups is 1. The summed E-state index contributed by atoms with van der Waals surface area (Å²) in [5.41, 5.74) is 11.9. The number of fused-ring (bicyclic) bond motifs is 3. The number of anilines is 1. The third-order valence-corrected chi connectivity index (χ3v) is 8.90. The number of aromatic hydroxyl groups is 1. The number of primary amides is 1. The SMILES string of the molecule is CC(C)CNC(=O)NCc1cc(N(C)C)c2c(c1O)C(O)=C1C(=O)[C@]3(C#N)C(O)=C(C(N)=O)C(=O)[C@@H](N(C)C)[C@]3(N)C[C@]1(N)C2. The second kappa shape index (κ2) is 11.1. The molecule has 0 heterocycles. The number of hydrogen-bond donors (Lipinski definition) is 8. The van der Waals surface area contributed by atoms with E-state index in [0.29, 0.717) is 17.8 Å². The molecule has 45 heavy (non-hydrogen) atoms. The van der Waals surface area contributed by atoms with Gasteiger partial charge in [-0.05, 0) is 44.5 Å². The van der Waals surface area contributed by atoms with E-state index in [1.54, 1.807) is 31.1 Å². The molecule has 0 spiro atoms. The fourth-order valence-electron chi connectivity index (χ4n) is 7.00. The van der Waals surface area contributed by atoms with Crippen LogP contribution in [0.4, 0.5) is 10.5 Å². The number of nitriles is 1. The van der Waals surface area contributed by atoms with E-state index in [1.807, 2.05) is 13.8 Å². The minimum atomic E-state index is -2.75. The van der Waals surface area contributed by atoms with Crippen molar-refractivity contribution < 1.29 is 34.5 Å². The van der Waals surface area contributed by atoms with Crippen molar-refractivity contribution in [3.8, 4) is 11.8 Å². The fraction of sp³-hybridized carbons (Fsp3) is 0.500. The number of carbonyl (C=O) groups is 4. The summed E-state index contributed by atoms with van der Waals surface area (Å²) in [6, 6.07) is 1.39. The highest BCUT2D eigenvalue weighted by atomic mass is 16.3. The number of likely N-dealkylation sites (N-methyl/N-ethyl adjacent to an activating group) is 1. The van der Waals surface area contributed by atoms with Gasteiger partial charge in [-0.15, -0.1) is 0 Å². The number of nitrogens with two attached hydrogens (primary N) is 3. The number of amides is 3. The van der Waals surface area contributed by atoms with Crippen LogP contribution in [-0.2, 0) is 27.3 Å².